The molecule has 1 rings (SSSR count). The van der Waals surface area contributed by atoms with Crippen LogP contribution in [0.1, 0.15) is 28.4 Å². The quantitative estimate of drug-likeness (QED) is 0.572. The van der Waals surface area contributed by atoms with E-state index < -0.39 is 58.8 Å². The minimum absolute atomic E-state index is 0.987. The third kappa shape index (κ3) is 2.65. The van der Waals surface area contributed by atoms with Gasteiger partial charge in [0.1, 0.15) is 5.56 Å². The Hall–Kier alpha value is -2.16. The molecule has 0 heterocycles. The van der Waals surface area contributed by atoms with Crippen LogP contribution in [0.15, 0.2) is 0 Å². The largest absolute Gasteiger partial charge is 0.481 e. The summed E-state index contributed by atoms with van der Waals surface area (Å²) in [6, 6.07) is -1.86. The van der Waals surface area contributed by atoms with Gasteiger partial charge in [-0.1, -0.05) is 0 Å². The number of benzene rings is 1. The molecule has 104 valence electrons. The van der Waals surface area contributed by atoms with Crippen molar-refractivity contribution in [3.63, 3.8) is 0 Å². The molecule has 1 aromatic rings. The van der Waals surface area contributed by atoms with Crippen molar-refractivity contribution in [2.24, 2.45) is 5.73 Å². The first-order chi connectivity index (χ1) is 8.68. The molecule has 9 heteroatoms. The second-order valence-corrected chi connectivity index (χ2v) is 3.55. The van der Waals surface area contributed by atoms with Crippen molar-refractivity contribution in [3.05, 3.63) is 34.4 Å². The third-order valence-corrected chi connectivity index (χ3v) is 2.28. The number of hydrogen-bond donors (Lipinski definition) is 3. The summed E-state index contributed by atoms with van der Waals surface area (Å²) < 4.78 is 53.5. The van der Waals surface area contributed by atoms with E-state index in [9.17, 15) is 27.2 Å². The molecule has 1 atom stereocenters. The molecule has 0 radical (unpaired) electrons. The number of rotatable bonds is 4. The topological polar surface area (TPSA) is 101 Å². The van der Waals surface area contributed by atoms with Gasteiger partial charge in [0.05, 0.1) is 6.42 Å². The van der Waals surface area contributed by atoms with Crippen LogP contribution < -0.4 is 5.73 Å². The summed E-state index contributed by atoms with van der Waals surface area (Å²) in [7, 11) is 0. The maximum absolute atomic E-state index is 13.4. The lowest BCUT2D eigenvalue weighted by atomic mass is 10.00. The normalized spacial score (nSPS) is 12.3. The second kappa shape index (κ2) is 5.22. The summed E-state index contributed by atoms with van der Waals surface area (Å²) in [4.78, 5) is 20.8. The molecule has 0 aliphatic heterocycles. The molecule has 1 unspecified atom stereocenters. The fourth-order valence-electron chi connectivity index (χ4n) is 1.45. The van der Waals surface area contributed by atoms with E-state index in [2.05, 4.69) is 0 Å². The fourth-order valence-corrected chi connectivity index (χ4v) is 1.45. The lowest BCUT2D eigenvalue weighted by Crippen LogP contribution is -2.22. The Balaban J connectivity index is 3.52. The van der Waals surface area contributed by atoms with Crippen LogP contribution in [-0.4, -0.2) is 22.2 Å². The van der Waals surface area contributed by atoms with E-state index in [1.807, 2.05) is 0 Å². The minimum Gasteiger partial charge on any atom is -0.481 e. The standard InChI is InChI=1S/C10H7F4NO4/c11-6-4(2(15)1-3(16)17)7(12)9(14)5(8(6)13)10(18)19/h2H,1,15H2,(H,16,17)(H,18,19). The van der Waals surface area contributed by atoms with Crippen LogP contribution in [0.3, 0.4) is 0 Å². The monoisotopic (exact) mass is 281 g/mol. The van der Waals surface area contributed by atoms with Crippen LogP contribution in [0, 0.1) is 23.3 Å². The molecule has 19 heavy (non-hydrogen) atoms. The number of aliphatic carboxylic acids is 1. The van der Waals surface area contributed by atoms with Crippen molar-refractivity contribution >= 4 is 11.9 Å². The number of halogens is 4. The Labute approximate surface area is 103 Å². The van der Waals surface area contributed by atoms with E-state index in [1.165, 1.54) is 0 Å². The van der Waals surface area contributed by atoms with E-state index in [0.29, 0.717) is 0 Å². The number of aromatic carboxylic acids is 1. The predicted octanol–water partition coefficient (Wildman–Crippen LogP) is 1.42. The number of hydrogen-bond acceptors (Lipinski definition) is 3. The highest BCUT2D eigenvalue weighted by atomic mass is 19.2. The molecule has 0 amide bonds. The number of carboxylic acids is 2. The zero-order valence-corrected chi connectivity index (χ0v) is 9.08. The van der Waals surface area contributed by atoms with E-state index >= 15 is 0 Å². The van der Waals surface area contributed by atoms with Crippen LogP contribution in [0.2, 0.25) is 0 Å². The molecule has 0 saturated carbocycles. The van der Waals surface area contributed by atoms with Gasteiger partial charge in [0, 0.05) is 11.6 Å². The molecular weight excluding hydrogens is 274 g/mol. The van der Waals surface area contributed by atoms with Gasteiger partial charge in [0.25, 0.3) is 0 Å². The number of carboxylic acid groups (broad SMARTS) is 2. The van der Waals surface area contributed by atoms with Gasteiger partial charge in [-0.15, -0.1) is 0 Å². The average molecular weight is 281 g/mol. The lowest BCUT2D eigenvalue weighted by molar-refractivity contribution is -0.137. The smallest absolute Gasteiger partial charge is 0.341 e. The van der Waals surface area contributed by atoms with Crippen molar-refractivity contribution in [2.75, 3.05) is 0 Å². The summed E-state index contributed by atoms with van der Waals surface area (Å²) in [5.41, 5.74) is 1.97. The van der Waals surface area contributed by atoms with Crippen LogP contribution in [-0.2, 0) is 4.79 Å². The van der Waals surface area contributed by atoms with Crippen molar-refractivity contribution in [3.8, 4) is 0 Å². The summed E-state index contributed by atoms with van der Waals surface area (Å²) in [6.07, 6.45) is -0.987. The fraction of sp³-hybridized carbons (Fsp3) is 0.200. The Bertz CT molecular complexity index is 532. The van der Waals surface area contributed by atoms with Gasteiger partial charge in [-0.2, -0.15) is 0 Å². The molecule has 0 fully saturated rings. The Morgan fingerprint density at radius 3 is 1.74 bits per heavy atom. The summed E-state index contributed by atoms with van der Waals surface area (Å²) in [6.45, 7) is 0. The van der Waals surface area contributed by atoms with E-state index in [0.717, 1.165) is 0 Å². The summed E-state index contributed by atoms with van der Waals surface area (Å²) in [5, 5.41) is 16.8. The van der Waals surface area contributed by atoms with E-state index in [4.69, 9.17) is 15.9 Å². The van der Waals surface area contributed by atoms with Crippen molar-refractivity contribution in [1.29, 1.82) is 0 Å². The highest BCUT2D eigenvalue weighted by molar-refractivity contribution is 5.88. The zero-order valence-electron chi connectivity index (χ0n) is 9.08. The Morgan fingerprint density at radius 2 is 1.42 bits per heavy atom. The Kier molecular flexibility index (Phi) is 4.10. The van der Waals surface area contributed by atoms with Crippen LogP contribution >= 0.6 is 0 Å². The summed E-state index contributed by atoms with van der Waals surface area (Å²) in [5.74, 6) is -12.1. The van der Waals surface area contributed by atoms with Gasteiger partial charge >= 0.3 is 11.9 Å². The van der Waals surface area contributed by atoms with Gasteiger partial charge < -0.3 is 15.9 Å². The first-order valence-corrected chi connectivity index (χ1v) is 4.75. The molecule has 0 aromatic heterocycles. The van der Waals surface area contributed by atoms with Crippen LogP contribution in [0.4, 0.5) is 17.6 Å². The zero-order chi connectivity index (χ0) is 14.9. The molecule has 0 bridgehead atoms. The van der Waals surface area contributed by atoms with Gasteiger partial charge in [-0.3, -0.25) is 4.79 Å². The lowest BCUT2D eigenvalue weighted by Gasteiger charge is -2.14. The maximum Gasteiger partial charge on any atom is 0.341 e. The highest BCUT2D eigenvalue weighted by Crippen LogP contribution is 2.29. The third-order valence-electron chi connectivity index (χ3n) is 2.28. The van der Waals surface area contributed by atoms with Crippen molar-refractivity contribution in [1.82, 2.24) is 0 Å². The Morgan fingerprint density at radius 1 is 1.00 bits per heavy atom. The number of nitrogens with two attached hydrogens (primary N) is 1. The van der Waals surface area contributed by atoms with Crippen molar-refractivity contribution < 1.29 is 37.4 Å². The van der Waals surface area contributed by atoms with Gasteiger partial charge in [0.2, 0.25) is 0 Å². The van der Waals surface area contributed by atoms with Gasteiger partial charge in [-0.25, -0.2) is 22.4 Å². The maximum atomic E-state index is 13.4. The molecule has 4 N–H and O–H groups in total. The van der Waals surface area contributed by atoms with E-state index in [1.54, 1.807) is 0 Å². The molecule has 0 spiro atoms. The first kappa shape index (κ1) is 14.9. The highest BCUT2D eigenvalue weighted by Gasteiger charge is 2.32. The number of carbonyl (C=O) groups is 2. The molecular formula is C10H7F4NO4. The molecule has 1 aromatic carbocycles. The SMILES string of the molecule is NC(CC(=O)O)c1c(F)c(F)c(C(=O)O)c(F)c1F. The van der Waals surface area contributed by atoms with Crippen LogP contribution in [0.25, 0.3) is 0 Å². The molecule has 5 nitrogen and oxygen atoms in total. The van der Waals surface area contributed by atoms with Crippen LogP contribution in [0.5, 0.6) is 0 Å². The van der Waals surface area contributed by atoms with Crippen molar-refractivity contribution in [2.45, 2.75) is 12.5 Å². The minimum atomic E-state index is -2.20. The second-order valence-electron chi connectivity index (χ2n) is 3.55. The van der Waals surface area contributed by atoms with Gasteiger partial charge in [-0.05, 0) is 0 Å². The molecule has 0 aliphatic carbocycles. The first-order valence-electron chi connectivity index (χ1n) is 4.75. The van der Waals surface area contributed by atoms with Gasteiger partial charge in [0.15, 0.2) is 23.3 Å². The average Bonchev–Trinajstić information content (AvgIpc) is 2.25. The predicted molar refractivity (Wildman–Crippen MR) is 52.4 cm³/mol. The summed E-state index contributed by atoms with van der Waals surface area (Å²) >= 11 is 0. The molecule has 0 saturated heterocycles. The van der Waals surface area contributed by atoms with E-state index in [-0.39, 0.29) is 0 Å². The molecule has 0 aliphatic rings.